The van der Waals surface area contributed by atoms with E-state index < -0.39 is 0 Å². The summed E-state index contributed by atoms with van der Waals surface area (Å²) in [7, 11) is 1.62. The number of carbonyl (C=O) groups is 2. The number of fused-ring (bicyclic) bond motifs is 1. The van der Waals surface area contributed by atoms with Crippen LogP contribution in [0.2, 0.25) is 0 Å². The first-order chi connectivity index (χ1) is 16.6. The standard InChI is InChI=1S/C25H33N3O5S/c1-3-26-25(30)27(15-20-8-5-12-32-20)16-24(29)28-11-9-23-21(10-13-34-23)22(28)17-33-19-7-4-6-18(14-19)31-2/h4,6-7,10,13-14,20,22H,3,5,8-9,11-12,15-17H2,1-2H3,(H,26,30)/t20-,22+/m1/s1. The van der Waals surface area contributed by atoms with Crippen LogP contribution in [0.15, 0.2) is 35.7 Å². The van der Waals surface area contributed by atoms with Crippen LogP contribution in [-0.4, -0.2) is 74.3 Å². The number of benzene rings is 1. The van der Waals surface area contributed by atoms with Crippen LogP contribution in [0.3, 0.4) is 0 Å². The van der Waals surface area contributed by atoms with Crippen LogP contribution in [0.25, 0.3) is 0 Å². The molecule has 0 aliphatic carbocycles. The molecule has 1 aromatic carbocycles. The summed E-state index contributed by atoms with van der Waals surface area (Å²) >= 11 is 1.71. The van der Waals surface area contributed by atoms with Crippen molar-refractivity contribution >= 4 is 23.3 Å². The van der Waals surface area contributed by atoms with E-state index in [4.69, 9.17) is 14.2 Å². The van der Waals surface area contributed by atoms with Gasteiger partial charge in [-0.2, -0.15) is 0 Å². The molecule has 8 nitrogen and oxygen atoms in total. The van der Waals surface area contributed by atoms with Crippen molar-refractivity contribution in [3.63, 3.8) is 0 Å². The molecule has 1 saturated heterocycles. The van der Waals surface area contributed by atoms with Crippen LogP contribution >= 0.6 is 11.3 Å². The molecule has 184 valence electrons. The summed E-state index contributed by atoms with van der Waals surface area (Å²) in [5.41, 5.74) is 1.12. The maximum absolute atomic E-state index is 13.5. The molecule has 0 spiro atoms. The number of ether oxygens (including phenoxy) is 3. The number of methoxy groups -OCH3 is 1. The highest BCUT2D eigenvalue weighted by molar-refractivity contribution is 7.10. The zero-order valence-corrected chi connectivity index (χ0v) is 20.6. The van der Waals surface area contributed by atoms with E-state index in [1.807, 2.05) is 36.1 Å². The van der Waals surface area contributed by atoms with E-state index >= 15 is 0 Å². The Morgan fingerprint density at radius 1 is 1.29 bits per heavy atom. The topological polar surface area (TPSA) is 80.3 Å². The van der Waals surface area contributed by atoms with Gasteiger partial charge in [-0.1, -0.05) is 6.07 Å². The molecule has 34 heavy (non-hydrogen) atoms. The van der Waals surface area contributed by atoms with Crippen LogP contribution in [0.4, 0.5) is 4.79 Å². The third-order valence-corrected chi connectivity index (χ3v) is 7.25. The average molecular weight is 488 g/mol. The van der Waals surface area contributed by atoms with Crippen LogP contribution in [0.5, 0.6) is 11.5 Å². The van der Waals surface area contributed by atoms with Gasteiger partial charge >= 0.3 is 6.03 Å². The summed E-state index contributed by atoms with van der Waals surface area (Å²) in [5, 5.41) is 4.90. The lowest BCUT2D eigenvalue weighted by atomic mass is 10.0. The molecular weight excluding hydrogens is 454 g/mol. The van der Waals surface area contributed by atoms with Gasteiger partial charge in [0, 0.05) is 37.2 Å². The minimum Gasteiger partial charge on any atom is -0.497 e. The lowest BCUT2D eigenvalue weighted by Gasteiger charge is -2.37. The van der Waals surface area contributed by atoms with Crippen LogP contribution < -0.4 is 14.8 Å². The monoisotopic (exact) mass is 487 g/mol. The number of hydrogen-bond acceptors (Lipinski definition) is 6. The van der Waals surface area contributed by atoms with Crippen LogP contribution in [0, 0.1) is 0 Å². The maximum atomic E-state index is 13.5. The van der Waals surface area contributed by atoms with Gasteiger partial charge in [-0.15, -0.1) is 11.3 Å². The van der Waals surface area contributed by atoms with Gasteiger partial charge < -0.3 is 29.3 Å². The Bertz CT molecular complexity index is 975. The van der Waals surface area contributed by atoms with Crippen molar-refractivity contribution in [1.82, 2.24) is 15.1 Å². The molecule has 2 aliphatic rings. The molecule has 2 aliphatic heterocycles. The molecule has 1 aromatic heterocycles. The van der Waals surface area contributed by atoms with Crippen molar-refractivity contribution in [1.29, 1.82) is 0 Å². The van der Waals surface area contributed by atoms with E-state index in [1.54, 1.807) is 23.3 Å². The summed E-state index contributed by atoms with van der Waals surface area (Å²) in [6.45, 7) is 4.45. The second-order valence-corrected chi connectivity index (χ2v) is 9.49. The highest BCUT2D eigenvalue weighted by Gasteiger charge is 2.34. The minimum atomic E-state index is -0.233. The molecule has 2 atom stereocenters. The molecule has 0 unspecified atom stereocenters. The third-order valence-electron chi connectivity index (χ3n) is 6.25. The predicted molar refractivity (Wildman–Crippen MR) is 131 cm³/mol. The molecule has 9 heteroatoms. The van der Waals surface area contributed by atoms with Crippen molar-refractivity contribution < 1.29 is 23.8 Å². The van der Waals surface area contributed by atoms with E-state index in [0.717, 1.165) is 30.6 Å². The van der Waals surface area contributed by atoms with Crippen molar-refractivity contribution in [3.8, 4) is 11.5 Å². The number of rotatable bonds is 9. The first-order valence-corrected chi connectivity index (χ1v) is 12.7. The first-order valence-electron chi connectivity index (χ1n) is 11.9. The Balaban J connectivity index is 1.48. The molecule has 0 radical (unpaired) electrons. The highest BCUT2D eigenvalue weighted by atomic mass is 32.1. The van der Waals surface area contributed by atoms with Gasteiger partial charge in [0.2, 0.25) is 5.91 Å². The lowest BCUT2D eigenvalue weighted by Crippen LogP contribution is -2.51. The Labute approximate surface area is 204 Å². The van der Waals surface area contributed by atoms with E-state index in [-0.39, 0.29) is 30.6 Å². The van der Waals surface area contributed by atoms with Crippen molar-refractivity contribution in [3.05, 3.63) is 46.2 Å². The molecule has 4 rings (SSSR count). The molecule has 1 fully saturated rings. The fourth-order valence-corrected chi connectivity index (χ4v) is 5.44. The summed E-state index contributed by atoms with van der Waals surface area (Å²) in [6, 6.07) is 9.09. The first kappa shape index (κ1) is 24.3. The largest absolute Gasteiger partial charge is 0.497 e. The molecule has 0 saturated carbocycles. The molecule has 0 bridgehead atoms. The van der Waals surface area contributed by atoms with Gasteiger partial charge in [0.1, 0.15) is 24.7 Å². The number of carbonyl (C=O) groups excluding carboxylic acids is 2. The van der Waals surface area contributed by atoms with Crippen molar-refractivity contribution in [2.45, 2.75) is 38.3 Å². The van der Waals surface area contributed by atoms with Gasteiger partial charge in [0.05, 0.1) is 19.3 Å². The molecular formula is C25H33N3O5S. The summed E-state index contributed by atoms with van der Waals surface area (Å²) < 4.78 is 17.1. The van der Waals surface area contributed by atoms with Gasteiger partial charge in [-0.3, -0.25) is 4.79 Å². The lowest BCUT2D eigenvalue weighted by molar-refractivity contribution is -0.135. The normalized spacial score (nSPS) is 19.4. The van der Waals surface area contributed by atoms with Crippen molar-refractivity contribution in [2.24, 2.45) is 0 Å². The van der Waals surface area contributed by atoms with Gasteiger partial charge in [0.25, 0.3) is 0 Å². The SMILES string of the molecule is CCNC(=O)N(CC(=O)N1CCc2sccc2[C@@H]1COc1cccc(OC)c1)C[C@H]1CCCO1. The van der Waals surface area contributed by atoms with E-state index in [1.165, 1.54) is 4.88 Å². The van der Waals surface area contributed by atoms with Gasteiger partial charge in [0.15, 0.2) is 0 Å². The zero-order chi connectivity index (χ0) is 23.9. The highest BCUT2D eigenvalue weighted by Crippen LogP contribution is 2.34. The molecule has 3 amide bonds. The number of urea groups is 1. The number of amides is 3. The Hall–Kier alpha value is -2.78. The average Bonchev–Trinajstić information content (AvgIpc) is 3.54. The van der Waals surface area contributed by atoms with E-state index in [9.17, 15) is 9.59 Å². The number of nitrogens with zero attached hydrogens (tertiary/aromatic N) is 2. The quantitative estimate of drug-likeness (QED) is 0.586. The Morgan fingerprint density at radius 3 is 2.91 bits per heavy atom. The number of hydrogen-bond donors (Lipinski definition) is 1. The maximum Gasteiger partial charge on any atom is 0.317 e. The minimum absolute atomic E-state index is 0.0147. The number of nitrogens with one attached hydrogen (secondary N) is 1. The smallest absolute Gasteiger partial charge is 0.317 e. The predicted octanol–water partition coefficient (Wildman–Crippen LogP) is 3.47. The molecule has 1 N–H and O–H groups in total. The van der Waals surface area contributed by atoms with E-state index in [2.05, 4.69) is 16.8 Å². The summed E-state index contributed by atoms with van der Waals surface area (Å²) in [5.74, 6) is 1.33. The second kappa shape index (κ2) is 11.6. The van der Waals surface area contributed by atoms with Crippen molar-refractivity contribution in [2.75, 3.05) is 46.5 Å². The summed E-state index contributed by atoms with van der Waals surface area (Å²) in [4.78, 5) is 31.0. The Morgan fingerprint density at radius 2 is 2.15 bits per heavy atom. The van der Waals surface area contributed by atoms with Gasteiger partial charge in [-0.05, 0) is 55.3 Å². The van der Waals surface area contributed by atoms with E-state index in [0.29, 0.717) is 38.6 Å². The fraction of sp³-hybridized carbons (Fsp3) is 0.520. The summed E-state index contributed by atoms with van der Waals surface area (Å²) in [6.07, 6.45) is 2.68. The van der Waals surface area contributed by atoms with Gasteiger partial charge in [-0.25, -0.2) is 4.79 Å². The fourth-order valence-electron chi connectivity index (χ4n) is 4.51. The second-order valence-electron chi connectivity index (χ2n) is 8.49. The molecule has 2 aromatic rings. The molecule has 3 heterocycles. The third kappa shape index (κ3) is 5.82. The Kier molecular flexibility index (Phi) is 8.29. The zero-order valence-electron chi connectivity index (χ0n) is 19.8. The van der Waals surface area contributed by atoms with Crippen LogP contribution in [0.1, 0.15) is 36.2 Å². The van der Waals surface area contributed by atoms with Crippen LogP contribution in [-0.2, 0) is 16.0 Å². The number of thiophene rings is 1.